The predicted octanol–water partition coefficient (Wildman–Crippen LogP) is 2.37. The lowest BCUT2D eigenvalue weighted by Gasteiger charge is -2.15. The molecule has 0 radical (unpaired) electrons. The highest BCUT2D eigenvalue weighted by Gasteiger charge is 2.08. The fraction of sp³-hybridized carbons (Fsp3) is 0.467. The smallest absolute Gasteiger partial charge is 0.317 e. The van der Waals surface area contributed by atoms with Gasteiger partial charge in [-0.05, 0) is 18.9 Å². The van der Waals surface area contributed by atoms with Crippen molar-refractivity contribution in [3.05, 3.63) is 38.9 Å². The fourth-order valence-corrected chi connectivity index (χ4v) is 2.03. The summed E-state index contributed by atoms with van der Waals surface area (Å²) in [7, 11) is 0. The van der Waals surface area contributed by atoms with E-state index in [9.17, 15) is 19.7 Å². The molecule has 0 heterocycles. The number of nitrogens with two attached hydrogens (primary N) is 2. The van der Waals surface area contributed by atoms with E-state index in [2.05, 4.69) is 5.73 Å². The highest BCUT2D eigenvalue weighted by atomic mass is 35.5. The second-order valence-electron chi connectivity index (χ2n) is 5.08. The average Bonchev–Trinajstić information content (AvgIpc) is 2.57. The molecule has 0 saturated heterocycles. The van der Waals surface area contributed by atoms with E-state index >= 15 is 0 Å². The Kier molecular flexibility index (Phi) is 11.4. The molecule has 0 amide bonds. The van der Waals surface area contributed by atoms with Crippen molar-refractivity contribution in [2.24, 2.45) is 11.5 Å². The number of carboxylic acid groups (broad SMARTS) is 1. The number of hydrogen-bond acceptors (Lipinski definition) is 6. The monoisotopic (exact) mass is 359 g/mol. The maximum absolute atomic E-state index is 10.3. The van der Waals surface area contributed by atoms with Gasteiger partial charge in [0.2, 0.25) is 0 Å². The zero-order valence-electron chi connectivity index (χ0n) is 13.2. The maximum Gasteiger partial charge on any atom is 0.317 e. The number of carboxylic acids is 1. The number of carbonyl (C=O) groups excluding carboxylic acids is 1. The predicted molar refractivity (Wildman–Crippen MR) is 91.2 cm³/mol. The highest BCUT2D eigenvalue weighted by Crippen LogP contribution is 2.20. The molecular formula is C15H22ClN3O5. The van der Waals surface area contributed by atoms with Crippen molar-refractivity contribution < 1.29 is 19.6 Å². The summed E-state index contributed by atoms with van der Waals surface area (Å²) in [5.74, 6) is -0.968. The van der Waals surface area contributed by atoms with Crippen LogP contribution >= 0.6 is 11.6 Å². The Morgan fingerprint density at radius 2 is 1.92 bits per heavy atom. The minimum absolute atomic E-state index is 0.130. The lowest BCUT2D eigenvalue weighted by Crippen LogP contribution is -2.22. The molecule has 0 aliphatic heterocycles. The highest BCUT2D eigenvalue weighted by molar-refractivity contribution is 6.33. The lowest BCUT2D eigenvalue weighted by molar-refractivity contribution is -0.384. The van der Waals surface area contributed by atoms with Crippen LogP contribution in [0.25, 0.3) is 0 Å². The Hall–Kier alpha value is -2.03. The summed E-state index contributed by atoms with van der Waals surface area (Å²) in [5, 5.41) is 18.0. The van der Waals surface area contributed by atoms with E-state index in [1.54, 1.807) is 0 Å². The number of benzene rings is 1. The summed E-state index contributed by atoms with van der Waals surface area (Å²) >= 11 is 5.55. The van der Waals surface area contributed by atoms with Gasteiger partial charge in [0.1, 0.15) is 0 Å². The average molecular weight is 360 g/mol. The standard InChI is InChI=1S/C7H4ClNO3.C6H13N.C2H5NO2/c8-7-2-1-6(9(11)12)3-5(7)4-10;7-6-4-2-1-3-5-6;3-1-2(4)5/h1-4H;6H,1-5,7H2;1,3H2,(H,4,5). The molecule has 2 rings (SSSR count). The molecule has 1 saturated carbocycles. The minimum atomic E-state index is -0.968. The zero-order valence-corrected chi connectivity index (χ0v) is 13.9. The molecule has 0 aromatic heterocycles. The fourth-order valence-electron chi connectivity index (χ4n) is 1.87. The Morgan fingerprint density at radius 1 is 1.38 bits per heavy atom. The van der Waals surface area contributed by atoms with E-state index in [1.807, 2.05) is 0 Å². The number of rotatable bonds is 3. The Balaban J connectivity index is 0.000000373. The molecule has 0 bridgehead atoms. The first-order valence-corrected chi connectivity index (χ1v) is 7.76. The largest absolute Gasteiger partial charge is 0.480 e. The molecule has 1 aliphatic rings. The van der Waals surface area contributed by atoms with Crippen LogP contribution in [0, 0.1) is 10.1 Å². The van der Waals surface area contributed by atoms with E-state index in [-0.39, 0.29) is 22.8 Å². The number of hydrogen-bond donors (Lipinski definition) is 3. The van der Waals surface area contributed by atoms with Crippen LogP contribution < -0.4 is 11.5 Å². The van der Waals surface area contributed by atoms with Crippen LogP contribution in [0.3, 0.4) is 0 Å². The van der Waals surface area contributed by atoms with E-state index in [4.69, 9.17) is 22.4 Å². The molecule has 0 atom stereocenters. The molecule has 1 aliphatic carbocycles. The first-order chi connectivity index (χ1) is 11.3. The van der Waals surface area contributed by atoms with E-state index < -0.39 is 10.9 Å². The number of aliphatic carboxylic acids is 1. The minimum Gasteiger partial charge on any atom is -0.480 e. The van der Waals surface area contributed by atoms with Gasteiger partial charge < -0.3 is 16.6 Å². The van der Waals surface area contributed by atoms with Crippen LogP contribution in [0.15, 0.2) is 18.2 Å². The van der Waals surface area contributed by atoms with Gasteiger partial charge in [-0.1, -0.05) is 30.9 Å². The summed E-state index contributed by atoms with van der Waals surface area (Å²) in [5.41, 5.74) is 10.2. The van der Waals surface area contributed by atoms with Gasteiger partial charge in [-0.3, -0.25) is 19.7 Å². The summed E-state index contributed by atoms with van der Waals surface area (Å²) in [6.07, 6.45) is 7.14. The molecular weight excluding hydrogens is 338 g/mol. The van der Waals surface area contributed by atoms with Crippen molar-refractivity contribution in [3.63, 3.8) is 0 Å². The van der Waals surface area contributed by atoms with Crippen LogP contribution in [0.2, 0.25) is 5.02 Å². The summed E-state index contributed by atoms with van der Waals surface area (Å²) in [6.45, 7) is -0.278. The van der Waals surface area contributed by atoms with Gasteiger partial charge in [0.25, 0.3) is 5.69 Å². The molecule has 0 spiro atoms. The number of nitro groups is 1. The van der Waals surface area contributed by atoms with Gasteiger partial charge in [-0.15, -0.1) is 0 Å². The number of aldehydes is 1. The van der Waals surface area contributed by atoms with Crippen molar-refractivity contribution in [2.45, 2.75) is 38.1 Å². The lowest BCUT2D eigenvalue weighted by atomic mass is 9.97. The van der Waals surface area contributed by atoms with Crippen LogP contribution in [0.1, 0.15) is 42.5 Å². The zero-order chi connectivity index (χ0) is 18.5. The molecule has 134 valence electrons. The van der Waals surface area contributed by atoms with Crippen molar-refractivity contribution in [2.75, 3.05) is 6.54 Å². The van der Waals surface area contributed by atoms with Crippen molar-refractivity contribution in [1.82, 2.24) is 0 Å². The van der Waals surface area contributed by atoms with E-state index in [0.717, 1.165) is 6.07 Å². The molecule has 9 heteroatoms. The second kappa shape index (κ2) is 12.4. The Morgan fingerprint density at radius 3 is 2.25 bits per heavy atom. The number of halogens is 1. The topological polar surface area (TPSA) is 150 Å². The molecule has 1 aromatic carbocycles. The van der Waals surface area contributed by atoms with Gasteiger partial charge in [0.15, 0.2) is 6.29 Å². The Labute approximate surface area is 144 Å². The molecule has 1 fully saturated rings. The number of nitro benzene ring substituents is 1. The summed E-state index contributed by atoms with van der Waals surface area (Å²) in [6, 6.07) is 4.24. The third-order valence-electron chi connectivity index (χ3n) is 3.14. The van der Waals surface area contributed by atoms with Crippen LogP contribution in [-0.4, -0.2) is 34.9 Å². The van der Waals surface area contributed by atoms with Gasteiger partial charge in [0, 0.05) is 23.7 Å². The second-order valence-corrected chi connectivity index (χ2v) is 5.48. The van der Waals surface area contributed by atoms with E-state index in [1.165, 1.54) is 44.2 Å². The third kappa shape index (κ3) is 9.88. The molecule has 1 aromatic rings. The normalized spacial score (nSPS) is 13.6. The quantitative estimate of drug-likeness (QED) is 0.425. The van der Waals surface area contributed by atoms with Gasteiger partial charge in [0.05, 0.1) is 16.5 Å². The molecule has 0 unspecified atom stereocenters. The summed E-state index contributed by atoms with van der Waals surface area (Å²) in [4.78, 5) is 29.2. The molecule has 5 N–H and O–H groups in total. The first-order valence-electron chi connectivity index (χ1n) is 7.38. The Bertz CT molecular complexity index is 548. The van der Waals surface area contributed by atoms with Crippen molar-refractivity contribution >= 4 is 29.5 Å². The first kappa shape index (κ1) is 22.0. The number of nitrogens with zero attached hydrogens (tertiary/aromatic N) is 1. The van der Waals surface area contributed by atoms with Crippen LogP contribution in [0.4, 0.5) is 5.69 Å². The van der Waals surface area contributed by atoms with E-state index in [0.29, 0.717) is 12.3 Å². The molecule has 8 nitrogen and oxygen atoms in total. The van der Waals surface area contributed by atoms with Crippen molar-refractivity contribution in [1.29, 1.82) is 0 Å². The van der Waals surface area contributed by atoms with Gasteiger partial charge in [-0.2, -0.15) is 0 Å². The maximum atomic E-state index is 10.3. The number of non-ortho nitro benzene ring substituents is 1. The molecule has 24 heavy (non-hydrogen) atoms. The van der Waals surface area contributed by atoms with Crippen molar-refractivity contribution in [3.8, 4) is 0 Å². The SMILES string of the molecule is NC1CCCCC1.NCC(=O)O.O=Cc1cc([N+](=O)[O-])ccc1Cl. The third-order valence-corrected chi connectivity index (χ3v) is 3.49. The van der Waals surface area contributed by atoms with Crippen LogP contribution in [-0.2, 0) is 4.79 Å². The van der Waals surface area contributed by atoms with Gasteiger partial charge >= 0.3 is 5.97 Å². The van der Waals surface area contributed by atoms with Crippen LogP contribution in [0.5, 0.6) is 0 Å². The van der Waals surface area contributed by atoms with Gasteiger partial charge in [-0.25, -0.2) is 0 Å². The number of carbonyl (C=O) groups is 2. The summed E-state index contributed by atoms with van der Waals surface area (Å²) < 4.78 is 0.